The van der Waals surface area contributed by atoms with E-state index in [0.29, 0.717) is 6.61 Å². The molecule has 0 amide bonds. The van der Waals surface area contributed by atoms with Gasteiger partial charge in [-0.05, 0) is 37.6 Å². The molecular weight excluding hydrogens is 250 g/mol. The van der Waals surface area contributed by atoms with Crippen molar-refractivity contribution in [3.63, 3.8) is 0 Å². The van der Waals surface area contributed by atoms with Gasteiger partial charge in [-0.25, -0.2) is 0 Å². The Hall–Kier alpha value is -1.06. The first-order valence-corrected chi connectivity index (χ1v) is 7.69. The van der Waals surface area contributed by atoms with Crippen LogP contribution in [0.5, 0.6) is 5.75 Å². The Labute approximate surface area is 122 Å². The summed E-state index contributed by atoms with van der Waals surface area (Å²) < 4.78 is 11.5. The van der Waals surface area contributed by atoms with Crippen LogP contribution in [-0.4, -0.2) is 26.3 Å². The highest BCUT2D eigenvalue weighted by Crippen LogP contribution is 2.31. The normalized spacial score (nSPS) is 18.5. The SMILES string of the molecule is CNCC1(OCc2ccc(OC)cc2)CCCCCC1. The molecule has 1 fully saturated rings. The molecule has 0 bridgehead atoms. The first kappa shape index (κ1) is 15.3. The molecule has 1 aromatic carbocycles. The van der Waals surface area contributed by atoms with Gasteiger partial charge in [-0.1, -0.05) is 37.8 Å². The Morgan fingerprint density at radius 3 is 2.25 bits per heavy atom. The summed E-state index contributed by atoms with van der Waals surface area (Å²) in [6, 6.07) is 8.16. The summed E-state index contributed by atoms with van der Waals surface area (Å²) in [6.07, 6.45) is 7.59. The van der Waals surface area contributed by atoms with Crippen molar-refractivity contribution in [3.05, 3.63) is 29.8 Å². The predicted molar refractivity (Wildman–Crippen MR) is 82.1 cm³/mol. The zero-order chi connectivity index (χ0) is 14.3. The lowest BCUT2D eigenvalue weighted by atomic mass is 9.94. The summed E-state index contributed by atoms with van der Waals surface area (Å²) in [5, 5.41) is 3.32. The minimum atomic E-state index is 0.0190. The summed E-state index contributed by atoms with van der Waals surface area (Å²) >= 11 is 0. The number of hydrogen-bond donors (Lipinski definition) is 1. The Morgan fingerprint density at radius 2 is 1.70 bits per heavy atom. The third kappa shape index (κ3) is 4.22. The predicted octanol–water partition coefficient (Wildman–Crippen LogP) is 3.52. The van der Waals surface area contributed by atoms with E-state index in [9.17, 15) is 0 Å². The number of nitrogens with one attached hydrogen (secondary N) is 1. The maximum Gasteiger partial charge on any atom is 0.118 e. The van der Waals surface area contributed by atoms with Crippen molar-refractivity contribution in [3.8, 4) is 5.75 Å². The maximum atomic E-state index is 6.35. The highest BCUT2D eigenvalue weighted by atomic mass is 16.5. The van der Waals surface area contributed by atoms with Gasteiger partial charge in [0.1, 0.15) is 5.75 Å². The summed E-state index contributed by atoms with van der Waals surface area (Å²) in [7, 11) is 3.71. The van der Waals surface area contributed by atoms with Crippen LogP contribution in [0.25, 0.3) is 0 Å². The fourth-order valence-electron chi connectivity index (χ4n) is 3.03. The van der Waals surface area contributed by atoms with Crippen molar-refractivity contribution in [2.75, 3.05) is 20.7 Å². The van der Waals surface area contributed by atoms with E-state index in [-0.39, 0.29) is 5.60 Å². The molecule has 0 saturated heterocycles. The van der Waals surface area contributed by atoms with Crippen LogP contribution in [0.1, 0.15) is 44.1 Å². The quantitative estimate of drug-likeness (QED) is 0.807. The van der Waals surface area contributed by atoms with Gasteiger partial charge in [0.2, 0.25) is 0 Å². The van der Waals surface area contributed by atoms with E-state index in [2.05, 4.69) is 17.4 Å². The van der Waals surface area contributed by atoms with E-state index < -0.39 is 0 Å². The Bertz CT molecular complexity index is 380. The van der Waals surface area contributed by atoms with Crippen LogP contribution in [0.15, 0.2) is 24.3 Å². The smallest absolute Gasteiger partial charge is 0.118 e. The van der Waals surface area contributed by atoms with Crippen LogP contribution in [0, 0.1) is 0 Å². The lowest BCUT2D eigenvalue weighted by Gasteiger charge is -2.33. The van der Waals surface area contributed by atoms with Gasteiger partial charge >= 0.3 is 0 Å². The van der Waals surface area contributed by atoms with Gasteiger partial charge < -0.3 is 14.8 Å². The average molecular weight is 277 g/mol. The van der Waals surface area contributed by atoms with E-state index in [4.69, 9.17) is 9.47 Å². The van der Waals surface area contributed by atoms with Gasteiger partial charge in [0.05, 0.1) is 19.3 Å². The number of hydrogen-bond acceptors (Lipinski definition) is 3. The first-order valence-electron chi connectivity index (χ1n) is 7.69. The molecular formula is C17H27NO2. The summed E-state index contributed by atoms with van der Waals surface area (Å²) in [4.78, 5) is 0. The van der Waals surface area contributed by atoms with Gasteiger partial charge in [-0.15, -0.1) is 0 Å². The number of rotatable bonds is 6. The van der Waals surface area contributed by atoms with Crippen LogP contribution < -0.4 is 10.1 Å². The lowest BCUT2D eigenvalue weighted by Crippen LogP contribution is -2.41. The average Bonchev–Trinajstić information content (AvgIpc) is 2.72. The minimum absolute atomic E-state index is 0.0190. The number of benzene rings is 1. The summed E-state index contributed by atoms with van der Waals surface area (Å²) in [6.45, 7) is 1.63. The summed E-state index contributed by atoms with van der Waals surface area (Å²) in [5.74, 6) is 0.896. The molecule has 0 atom stereocenters. The zero-order valence-corrected chi connectivity index (χ0v) is 12.8. The van der Waals surface area contributed by atoms with Crippen LogP contribution >= 0.6 is 0 Å². The number of ether oxygens (including phenoxy) is 2. The molecule has 3 nitrogen and oxygen atoms in total. The fourth-order valence-corrected chi connectivity index (χ4v) is 3.03. The lowest BCUT2D eigenvalue weighted by molar-refractivity contribution is -0.0645. The Balaban J connectivity index is 1.96. The number of methoxy groups -OCH3 is 1. The summed E-state index contributed by atoms with van der Waals surface area (Å²) in [5.41, 5.74) is 1.23. The van der Waals surface area contributed by atoms with Crippen molar-refractivity contribution < 1.29 is 9.47 Å². The second-order valence-electron chi connectivity index (χ2n) is 5.76. The maximum absolute atomic E-state index is 6.35. The highest BCUT2D eigenvalue weighted by molar-refractivity contribution is 5.26. The monoisotopic (exact) mass is 277 g/mol. The topological polar surface area (TPSA) is 30.5 Å². The van der Waals surface area contributed by atoms with E-state index in [1.54, 1.807) is 7.11 Å². The van der Waals surface area contributed by atoms with Gasteiger partial charge in [0, 0.05) is 6.54 Å². The van der Waals surface area contributed by atoms with Crippen molar-refractivity contribution >= 4 is 0 Å². The van der Waals surface area contributed by atoms with Gasteiger partial charge in [0.15, 0.2) is 0 Å². The standard InChI is InChI=1S/C17H27NO2/c1-18-14-17(11-5-3-4-6-12-17)20-13-15-7-9-16(19-2)10-8-15/h7-10,18H,3-6,11-14H2,1-2H3. The van der Waals surface area contributed by atoms with Crippen molar-refractivity contribution in [2.45, 2.75) is 50.7 Å². The molecule has 0 spiro atoms. The molecule has 1 N–H and O–H groups in total. The Kier molecular flexibility index (Phi) is 5.86. The van der Waals surface area contributed by atoms with Crippen LogP contribution in [0.2, 0.25) is 0 Å². The molecule has 1 aliphatic rings. The van der Waals surface area contributed by atoms with E-state index in [1.807, 2.05) is 19.2 Å². The van der Waals surface area contributed by atoms with E-state index >= 15 is 0 Å². The largest absolute Gasteiger partial charge is 0.497 e. The molecule has 2 rings (SSSR count). The molecule has 0 heterocycles. The zero-order valence-electron chi connectivity index (χ0n) is 12.8. The molecule has 0 aliphatic heterocycles. The third-order valence-corrected chi connectivity index (χ3v) is 4.22. The number of likely N-dealkylation sites (N-methyl/N-ethyl adjacent to an activating group) is 1. The van der Waals surface area contributed by atoms with E-state index in [1.165, 1.54) is 44.1 Å². The highest BCUT2D eigenvalue weighted by Gasteiger charge is 2.31. The Morgan fingerprint density at radius 1 is 1.05 bits per heavy atom. The van der Waals surface area contributed by atoms with Gasteiger partial charge in [0.25, 0.3) is 0 Å². The molecule has 1 aromatic rings. The molecule has 0 aromatic heterocycles. The molecule has 20 heavy (non-hydrogen) atoms. The van der Waals surface area contributed by atoms with Crippen LogP contribution in [-0.2, 0) is 11.3 Å². The molecule has 112 valence electrons. The van der Waals surface area contributed by atoms with Gasteiger partial charge in [-0.2, -0.15) is 0 Å². The first-order chi connectivity index (χ1) is 9.78. The fraction of sp³-hybridized carbons (Fsp3) is 0.647. The van der Waals surface area contributed by atoms with Crippen molar-refractivity contribution in [1.29, 1.82) is 0 Å². The van der Waals surface area contributed by atoms with Crippen LogP contribution in [0.4, 0.5) is 0 Å². The second-order valence-corrected chi connectivity index (χ2v) is 5.76. The third-order valence-electron chi connectivity index (χ3n) is 4.22. The second kappa shape index (κ2) is 7.65. The van der Waals surface area contributed by atoms with E-state index in [0.717, 1.165) is 12.3 Å². The van der Waals surface area contributed by atoms with Gasteiger partial charge in [-0.3, -0.25) is 0 Å². The minimum Gasteiger partial charge on any atom is -0.497 e. The van der Waals surface area contributed by atoms with Crippen LogP contribution in [0.3, 0.4) is 0 Å². The molecule has 0 unspecified atom stereocenters. The molecule has 1 aliphatic carbocycles. The van der Waals surface area contributed by atoms with Crippen molar-refractivity contribution in [2.24, 2.45) is 0 Å². The molecule has 1 saturated carbocycles. The molecule has 0 radical (unpaired) electrons. The van der Waals surface area contributed by atoms with Crippen molar-refractivity contribution in [1.82, 2.24) is 5.32 Å². The molecule has 3 heteroatoms.